The summed E-state index contributed by atoms with van der Waals surface area (Å²) < 4.78 is 14.9. The molecule has 1 aromatic heterocycles. The summed E-state index contributed by atoms with van der Waals surface area (Å²) in [4.78, 5) is 17.1. The van der Waals surface area contributed by atoms with E-state index in [0.717, 1.165) is 0 Å². The molecule has 4 rings (SSSR count). The van der Waals surface area contributed by atoms with Crippen LogP contribution >= 0.6 is 34.8 Å². The molecule has 1 heterocycles. The Morgan fingerprint density at radius 2 is 1.70 bits per heavy atom. The molecule has 0 saturated carbocycles. The van der Waals surface area contributed by atoms with Crippen molar-refractivity contribution in [2.24, 2.45) is 0 Å². The second kappa shape index (κ2) is 8.44. The van der Waals surface area contributed by atoms with Gasteiger partial charge in [-0.1, -0.05) is 40.9 Å². The zero-order valence-corrected chi connectivity index (χ0v) is 17.4. The Kier molecular flexibility index (Phi) is 5.72. The highest BCUT2D eigenvalue weighted by molar-refractivity contribution is 6.42. The minimum Gasteiger partial charge on any atom is -0.319 e. The van der Waals surface area contributed by atoms with E-state index in [-0.39, 0.29) is 5.82 Å². The van der Waals surface area contributed by atoms with Crippen LogP contribution in [0.4, 0.5) is 10.1 Å². The lowest BCUT2D eigenvalue weighted by molar-refractivity contribution is 0.101. The fourth-order valence-corrected chi connectivity index (χ4v) is 3.16. The van der Waals surface area contributed by atoms with Gasteiger partial charge in [0.2, 0.25) is 5.82 Å². The van der Waals surface area contributed by atoms with Crippen LogP contribution in [-0.4, -0.2) is 20.7 Å². The molecular weight excluding hydrogens is 450 g/mol. The number of carbonyl (C=O) groups is 1. The van der Waals surface area contributed by atoms with E-state index in [1.807, 2.05) is 0 Å². The molecule has 0 unspecified atom stereocenters. The molecule has 0 spiro atoms. The molecule has 0 fully saturated rings. The van der Waals surface area contributed by atoms with Crippen LogP contribution in [0, 0.1) is 5.82 Å². The molecular formula is C21H12Cl3FN4O. The first kappa shape index (κ1) is 20.3. The number of nitrogens with one attached hydrogen (secondary N) is 1. The summed E-state index contributed by atoms with van der Waals surface area (Å²) in [6, 6.07) is 17.4. The summed E-state index contributed by atoms with van der Waals surface area (Å²) in [5.41, 5.74) is 1.54. The minimum atomic E-state index is -0.588. The lowest BCUT2D eigenvalue weighted by atomic mass is 10.2. The highest BCUT2D eigenvalue weighted by atomic mass is 35.5. The first-order valence-corrected chi connectivity index (χ1v) is 9.79. The third-order valence-electron chi connectivity index (χ3n) is 4.14. The Morgan fingerprint density at radius 3 is 2.40 bits per heavy atom. The van der Waals surface area contributed by atoms with Gasteiger partial charge in [-0.25, -0.2) is 14.1 Å². The van der Waals surface area contributed by atoms with Gasteiger partial charge in [0.25, 0.3) is 5.91 Å². The first-order valence-electron chi connectivity index (χ1n) is 8.66. The number of anilines is 1. The molecule has 0 radical (unpaired) electrons. The predicted molar refractivity (Wildman–Crippen MR) is 116 cm³/mol. The third kappa shape index (κ3) is 4.31. The standard InChI is InChI=1S/C21H12Cl3FN4O/c22-13-6-4-12(5-7-13)20-27-19(21(30)26-15-3-1-2-14(25)10-15)28-29(20)16-8-9-17(23)18(24)11-16/h1-11H,(H,26,30). The third-order valence-corrected chi connectivity index (χ3v) is 5.13. The molecule has 150 valence electrons. The molecule has 3 aromatic carbocycles. The minimum absolute atomic E-state index is 0.102. The van der Waals surface area contributed by atoms with E-state index in [0.29, 0.717) is 37.8 Å². The van der Waals surface area contributed by atoms with Gasteiger partial charge in [-0.15, -0.1) is 5.10 Å². The van der Waals surface area contributed by atoms with Gasteiger partial charge in [0.15, 0.2) is 5.82 Å². The van der Waals surface area contributed by atoms with Crippen LogP contribution in [0.5, 0.6) is 0 Å². The molecule has 4 aromatic rings. The fraction of sp³-hybridized carbons (Fsp3) is 0. The Hall–Kier alpha value is -2.93. The van der Waals surface area contributed by atoms with Crippen LogP contribution in [-0.2, 0) is 0 Å². The van der Waals surface area contributed by atoms with E-state index in [4.69, 9.17) is 34.8 Å². The second-order valence-corrected chi connectivity index (χ2v) is 7.49. The number of hydrogen-bond acceptors (Lipinski definition) is 3. The number of nitrogens with zero attached hydrogens (tertiary/aromatic N) is 3. The first-order chi connectivity index (χ1) is 14.4. The number of halogens is 4. The van der Waals surface area contributed by atoms with Crippen molar-refractivity contribution < 1.29 is 9.18 Å². The van der Waals surface area contributed by atoms with Gasteiger partial charge >= 0.3 is 0 Å². The number of hydrogen-bond donors (Lipinski definition) is 1. The largest absolute Gasteiger partial charge is 0.319 e. The highest BCUT2D eigenvalue weighted by Gasteiger charge is 2.19. The Labute approximate surface area is 186 Å². The SMILES string of the molecule is O=C(Nc1cccc(F)c1)c1nc(-c2ccc(Cl)cc2)n(-c2ccc(Cl)c(Cl)c2)n1. The van der Waals surface area contributed by atoms with Gasteiger partial charge in [0.05, 0.1) is 15.7 Å². The summed E-state index contributed by atoms with van der Waals surface area (Å²) in [5.74, 6) is -0.761. The number of amides is 1. The van der Waals surface area contributed by atoms with Crippen LogP contribution in [0.2, 0.25) is 15.1 Å². The maximum absolute atomic E-state index is 13.4. The van der Waals surface area contributed by atoms with Crippen molar-refractivity contribution >= 4 is 46.4 Å². The van der Waals surface area contributed by atoms with Crippen molar-refractivity contribution in [1.29, 1.82) is 0 Å². The number of rotatable bonds is 4. The van der Waals surface area contributed by atoms with Crippen LogP contribution in [0.3, 0.4) is 0 Å². The van der Waals surface area contributed by atoms with Crippen LogP contribution in [0.15, 0.2) is 66.7 Å². The Balaban J connectivity index is 1.77. The molecule has 1 N–H and O–H groups in total. The van der Waals surface area contributed by atoms with Crippen molar-refractivity contribution in [3.8, 4) is 17.1 Å². The molecule has 30 heavy (non-hydrogen) atoms. The average molecular weight is 462 g/mol. The number of benzene rings is 3. The van der Waals surface area contributed by atoms with Gasteiger partial charge in [-0.2, -0.15) is 0 Å². The van der Waals surface area contributed by atoms with Crippen molar-refractivity contribution in [2.45, 2.75) is 0 Å². The lowest BCUT2D eigenvalue weighted by Crippen LogP contribution is -2.14. The maximum atomic E-state index is 13.4. The summed E-state index contributed by atoms with van der Waals surface area (Å²) in [7, 11) is 0. The average Bonchev–Trinajstić information content (AvgIpc) is 3.16. The van der Waals surface area contributed by atoms with Crippen molar-refractivity contribution in [3.63, 3.8) is 0 Å². The molecule has 0 aliphatic rings. The van der Waals surface area contributed by atoms with E-state index in [1.54, 1.807) is 48.5 Å². The Morgan fingerprint density at radius 1 is 0.933 bits per heavy atom. The summed E-state index contributed by atoms with van der Waals surface area (Å²) >= 11 is 18.1. The van der Waals surface area contributed by atoms with Gasteiger partial charge < -0.3 is 5.32 Å². The predicted octanol–water partition coefficient (Wildman–Crippen LogP) is 6.29. The van der Waals surface area contributed by atoms with Crippen molar-refractivity contribution in [3.05, 3.63) is 93.4 Å². The lowest BCUT2D eigenvalue weighted by Gasteiger charge is -2.07. The highest BCUT2D eigenvalue weighted by Crippen LogP contribution is 2.28. The summed E-state index contributed by atoms with van der Waals surface area (Å²) in [6.07, 6.45) is 0. The monoisotopic (exact) mass is 460 g/mol. The number of aromatic nitrogens is 3. The van der Waals surface area contributed by atoms with E-state index in [9.17, 15) is 9.18 Å². The molecule has 0 bridgehead atoms. The smallest absolute Gasteiger partial charge is 0.295 e. The van der Waals surface area contributed by atoms with Crippen LogP contribution in [0.25, 0.3) is 17.1 Å². The molecule has 5 nitrogen and oxygen atoms in total. The quantitative estimate of drug-likeness (QED) is 0.389. The molecule has 0 atom stereocenters. The topological polar surface area (TPSA) is 59.8 Å². The molecule has 0 aliphatic carbocycles. The summed E-state index contributed by atoms with van der Waals surface area (Å²) in [6.45, 7) is 0. The molecule has 1 amide bonds. The van der Waals surface area contributed by atoms with Crippen LogP contribution in [0.1, 0.15) is 10.6 Å². The summed E-state index contributed by atoms with van der Waals surface area (Å²) in [5, 5.41) is 8.20. The van der Waals surface area contributed by atoms with E-state index in [2.05, 4.69) is 15.4 Å². The zero-order valence-electron chi connectivity index (χ0n) is 15.1. The van der Waals surface area contributed by atoms with E-state index in [1.165, 1.54) is 22.9 Å². The van der Waals surface area contributed by atoms with Crippen LogP contribution < -0.4 is 5.32 Å². The zero-order chi connectivity index (χ0) is 21.3. The van der Waals surface area contributed by atoms with Crippen molar-refractivity contribution in [2.75, 3.05) is 5.32 Å². The van der Waals surface area contributed by atoms with Gasteiger partial charge in [0, 0.05) is 16.3 Å². The molecule has 0 saturated heterocycles. The van der Waals surface area contributed by atoms with Gasteiger partial charge in [-0.3, -0.25) is 4.79 Å². The van der Waals surface area contributed by atoms with E-state index < -0.39 is 11.7 Å². The maximum Gasteiger partial charge on any atom is 0.295 e. The Bertz CT molecular complexity index is 1240. The second-order valence-electron chi connectivity index (χ2n) is 6.24. The normalized spacial score (nSPS) is 10.8. The number of carbonyl (C=O) groups excluding carboxylic acids is 1. The molecule has 0 aliphatic heterocycles. The van der Waals surface area contributed by atoms with Gasteiger partial charge in [-0.05, 0) is 60.7 Å². The van der Waals surface area contributed by atoms with E-state index >= 15 is 0 Å². The molecule has 9 heteroatoms. The fourth-order valence-electron chi connectivity index (χ4n) is 2.74. The van der Waals surface area contributed by atoms with Gasteiger partial charge in [0.1, 0.15) is 5.82 Å². The van der Waals surface area contributed by atoms with Crippen molar-refractivity contribution in [1.82, 2.24) is 14.8 Å².